The van der Waals surface area contributed by atoms with Crippen LogP contribution in [0.4, 0.5) is 17.6 Å². The normalized spacial score (nSPS) is 13.7. The van der Waals surface area contributed by atoms with Gasteiger partial charge in [-0.15, -0.1) is 11.8 Å². The van der Waals surface area contributed by atoms with E-state index in [0.717, 1.165) is 22.7 Å². The van der Waals surface area contributed by atoms with Crippen molar-refractivity contribution < 1.29 is 30.7 Å². The van der Waals surface area contributed by atoms with Gasteiger partial charge in [0.15, 0.2) is 27.1 Å². The first-order valence-electron chi connectivity index (χ1n) is 8.52. The Kier molecular flexibility index (Phi) is 4.85. The molecule has 1 aliphatic heterocycles. The third-order valence-corrected chi connectivity index (χ3v) is 6.90. The zero-order chi connectivity index (χ0) is 21.8. The second-order valence-corrected chi connectivity index (χ2v) is 9.54. The molecule has 0 spiro atoms. The molecule has 1 aliphatic rings. The molecular formula is C19H14F4N2O3S2. The monoisotopic (exact) mass is 458 g/mol. The Balaban J connectivity index is 2.10. The Morgan fingerprint density at radius 2 is 1.87 bits per heavy atom. The summed E-state index contributed by atoms with van der Waals surface area (Å²) in [6, 6.07) is 8.39. The van der Waals surface area contributed by atoms with E-state index in [-0.39, 0.29) is 43.8 Å². The summed E-state index contributed by atoms with van der Waals surface area (Å²) in [6.45, 7) is 0. The first-order valence-corrected chi connectivity index (χ1v) is 11.4. The van der Waals surface area contributed by atoms with Gasteiger partial charge in [-0.3, -0.25) is 0 Å². The third-order valence-electron chi connectivity index (χ3n) is 4.65. The third kappa shape index (κ3) is 3.25. The molecule has 1 aromatic heterocycles. The second-order valence-electron chi connectivity index (χ2n) is 6.57. The summed E-state index contributed by atoms with van der Waals surface area (Å²) < 4.78 is 86.3. The van der Waals surface area contributed by atoms with Gasteiger partial charge in [-0.2, -0.15) is 18.3 Å². The number of hydrogen-bond acceptors (Lipinski definition) is 5. The minimum absolute atomic E-state index is 0.00812. The molecular weight excluding hydrogens is 444 g/mol. The number of sulfone groups is 1. The number of nitrogens with zero attached hydrogens (tertiary/aromatic N) is 2. The van der Waals surface area contributed by atoms with Crippen LogP contribution in [0.1, 0.15) is 11.3 Å². The number of para-hydroxylation sites is 1. The van der Waals surface area contributed by atoms with Crippen LogP contribution in [0.25, 0.3) is 16.9 Å². The van der Waals surface area contributed by atoms with Crippen LogP contribution in [0, 0.1) is 5.82 Å². The van der Waals surface area contributed by atoms with Gasteiger partial charge in [0.2, 0.25) is 0 Å². The molecule has 4 rings (SSSR count). The van der Waals surface area contributed by atoms with Crippen LogP contribution in [0.5, 0.6) is 5.75 Å². The minimum Gasteiger partial charge on any atom is -0.494 e. The summed E-state index contributed by atoms with van der Waals surface area (Å²) in [5.74, 6) is -0.754. The van der Waals surface area contributed by atoms with E-state index in [9.17, 15) is 26.0 Å². The SMILES string of the molecule is COc1ccc2c(c1F)CSc1c(C(F)(F)F)nn(-c3ccccc3S(C)(=O)=O)c1-2. The van der Waals surface area contributed by atoms with Crippen molar-refractivity contribution in [1.82, 2.24) is 9.78 Å². The topological polar surface area (TPSA) is 61.2 Å². The van der Waals surface area contributed by atoms with Gasteiger partial charge in [-0.1, -0.05) is 12.1 Å². The second kappa shape index (κ2) is 7.02. The molecule has 0 N–H and O–H groups in total. The van der Waals surface area contributed by atoms with Crippen molar-refractivity contribution in [2.75, 3.05) is 13.4 Å². The molecule has 30 heavy (non-hydrogen) atoms. The van der Waals surface area contributed by atoms with Gasteiger partial charge in [0, 0.05) is 23.1 Å². The lowest BCUT2D eigenvalue weighted by molar-refractivity contribution is -0.143. The van der Waals surface area contributed by atoms with Gasteiger partial charge >= 0.3 is 6.18 Å². The number of alkyl halides is 3. The summed E-state index contributed by atoms with van der Waals surface area (Å²) in [7, 11) is -2.48. The number of halogens is 4. The summed E-state index contributed by atoms with van der Waals surface area (Å²) in [5.41, 5.74) is -0.831. The van der Waals surface area contributed by atoms with E-state index < -0.39 is 27.5 Å². The largest absolute Gasteiger partial charge is 0.494 e. The number of hydrogen-bond donors (Lipinski definition) is 0. The van der Waals surface area contributed by atoms with Crippen molar-refractivity contribution in [1.29, 1.82) is 0 Å². The molecule has 0 unspecified atom stereocenters. The van der Waals surface area contributed by atoms with Gasteiger partial charge < -0.3 is 4.74 Å². The van der Waals surface area contributed by atoms with Crippen LogP contribution in [-0.2, 0) is 21.8 Å². The highest BCUT2D eigenvalue weighted by molar-refractivity contribution is 7.98. The van der Waals surface area contributed by atoms with Gasteiger partial charge in [0.05, 0.1) is 28.3 Å². The van der Waals surface area contributed by atoms with E-state index in [2.05, 4.69) is 5.10 Å². The van der Waals surface area contributed by atoms with Crippen molar-refractivity contribution in [3.8, 4) is 22.7 Å². The standard InChI is InChI=1S/C19H14F4N2O3S2/c1-28-13-8-7-10-11(15(13)20)9-29-17-16(10)25(24-18(17)19(21,22)23)12-5-3-4-6-14(12)30(2,26)27/h3-8H,9H2,1-2H3. The average Bonchev–Trinajstić information content (AvgIpc) is 3.08. The van der Waals surface area contributed by atoms with Gasteiger partial charge in [0.1, 0.15) is 0 Å². The molecule has 11 heteroatoms. The van der Waals surface area contributed by atoms with Crippen molar-refractivity contribution in [3.05, 3.63) is 53.5 Å². The quantitative estimate of drug-likeness (QED) is 0.532. The fourth-order valence-electron chi connectivity index (χ4n) is 3.35. The average molecular weight is 458 g/mol. The zero-order valence-corrected chi connectivity index (χ0v) is 17.3. The molecule has 158 valence electrons. The number of rotatable bonds is 3. The summed E-state index contributed by atoms with van der Waals surface area (Å²) >= 11 is 0.799. The number of ether oxygens (including phenoxy) is 1. The highest BCUT2D eigenvalue weighted by Gasteiger charge is 2.42. The Morgan fingerprint density at radius 1 is 1.17 bits per heavy atom. The van der Waals surface area contributed by atoms with E-state index in [0.29, 0.717) is 0 Å². The van der Waals surface area contributed by atoms with Crippen molar-refractivity contribution in [3.63, 3.8) is 0 Å². The number of methoxy groups -OCH3 is 1. The van der Waals surface area contributed by atoms with Crippen LogP contribution in [0.2, 0.25) is 0 Å². The van der Waals surface area contributed by atoms with Gasteiger partial charge in [0.25, 0.3) is 0 Å². The number of thioether (sulfide) groups is 1. The lowest BCUT2D eigenvalue weighted by Gasteiger charge is -2.21. The van der Waals surface area contributed by atoms with Crippen molar-refractivity contribution >= 4 is 21.6 Å². The van der Waals surface area contributed by atoms with Gasteiger partial charge in [-0.25, -0.2) is 17.5 Å². The highest BCUT2D eigenvalue weighted by atomic mass is 32.2. The molecule has 5 nitrogen and oxygen atoms in total. The molecule has 0 aliphatic carbocycles. The maximum Gasteiger partial charge on any atom is 0.436 e. The Bertz CT molecular complexity index is 1270. The van der Waals surface area contributed by atoms with Crippen LogP contribution >= 0.6 is 11.8 Å². The Hall–Kier alpha value is -2.53. The Morgan fingerprint density at radius 3 is 2.50 bits per heavy atom. The summed E-state index contributed by atoms with van der Waals surface area (Å²) in [4.78, 5) is -0.363. The first-order chi connectivity index (χ1) is 14.0. The molecule has 0 atom stereocenters. The molecule has 0 bridgehead atoms. The molecule has 3 aromatic rings. The van der Waals surface area contributed by atoms with Crippen LogP contribution in [0.3, 0.4) is 0 Å². The molecule has 0 radical (unpaired) electrons. The summed E-state index contributed by atoms with van der Waals surface area (Å²) in [6.07, 6.45) is -3.81. The van der Waals surface area contributed by atoms with Gasteiger partial charge in [-0.05, 0) is 24.3 Å². The first kappa shape index (κ1) is 20.7. The molecule has 2 heterocycles. The predicted molar refractivity (Wildman–Crippen MR) is 103 cm³/mol. The minimum atomic E-state index is -4.77. The molecule has 0 fully saturated rings. The number of fused-ring (bicyclic) bond motifs is 3. The van der Waals surface area contributed by atoms with Crippen LogP contribution in [-0.4, -0.2) is 31.6 Å². The maximum atomic E-state index is 14.8. The fraction of sp³-hybridized carbons (Fsp3) is 0.211. The highest BCUT2D eigenvalue weighted by Crippen LogP contribution is 2.50. The molecule has 0 saturated heterocycles. The smallest absolute Gasteiger partial charge is 0.436 e. The van der Waals surface area contributed by atoms with E-state index in [1.165, 1.54) is 43.5 Å². The van der Waals surface area contributed by atoms with Crippen LogP contribution in [0.15, 0.2) is 46.2 Å². The predicted octanol–water partition coefficient (Wildman–Crippen LogP) is 4.72. The number of benzene rings is 2. The van der Waals surface area contributed by atoms with E-state index in [1.807, 2.05) is 0 Å². The van der Waals surface area contributed by atoms with Crippen molar-refractivity contribution in [2.45, 2.75) is 21.7 Å². The molecule has 0 amide bonds. The fourth-order valence-corrected chi connectivity index (χ4v) is 5.40. The molecule has 2 aromatic carbocycles. The van der Waals surface area contributed by atoms with Crippen LogP contribution < -0.4 is 4.74 Å². The molecule has 0 saturated carbocycles. The zero-order valence-electron chi connectivity index (χ0n) is 15.6. The number of aromatic nitrogens is 2. The van der Waals surface area contributed by atoms with E-state index >= 15 is 0 Å². The Labute approximate surface area is 173 Å². The van der Waals surface area contributed by atoms with E-state index in [4.69, 9.17) is 4.74 Å². The van der Waals surface area contributed by atoms with Crippen molar-refractivity contribution in [2.24, 2.45) is 0 Å². The summed E-state index contributed by atoms with van der Waals surface area (Å²) in [5, 5.41) is 3.73. The lowest BCUT2D eigenvalue weighted by Crippen LogP contribution is -2.10. The lowest BCUT2D eigenvalue weighted by atomic mass is 10.0. The van der Waals surface area contributed by atoms with E-state index in [1.54, 1.807) is 0 Å². The maximum absolute atomic E-state index is 14.8.